The molecular formula is C13H22O10. The van der Waals surface area contributed by atoms with Gasteiger partial charge in [0.1, 0.15) is 13.2 Å². The summed E-state index contributed by atoms with van der Waals surface area (Å²) in [6.07, 6.45) is -0.754. The Kier molecular flexibility index (Phi) is 17.3. The molecule has 10 nitrogen and oxygen atoms in total. The zero-order valence-electron chi connectivity index (χ0n) is 13.7. The number of rotatable bonds is 5. The van der Waals surface area contributed by atoms with E-state index in [0.29, 0.717) is 0 Å². The zero-order valence-corrected chi connectivity index (χ0v) is 13.7. The molecule has 0 saturated heterocycles. The smallest absolute Gasteiger partial charge is 0.303 e. The molecule has 10 heteroatoms. The number of esters is 3. The summed E-state index contributed by atoms with van der Waals surface area (Å²) >= 11 is 0. The van der Waals surface area contributed by atoms with Crippen molar-refractivity contribution in [2.24, 2.45) is 0 Å². The molecule has 0 spiro atoms. The van der Waals surface area contributed by atoms with E-state index in [2.05, 4.69) is 9.47 Å². The first-order chi connectivity index (χ1) is 10.4. The highest BCUT2D eigenvalue weighted by Gasteiger charge is 2.15. The van der Waals surface area contributed by atoms with E-state index in [9.17, 15) is 14.4 Å². The summed E-state index contributed by atoms with van der Waals surface area (Å²) in [5, 5.41) is 14.8. The third kappa shape index (κ3) is 45.2. The van der Waals surface area contributed by atoms with E-state index in [4.69, 9.17) is 24.5 Å². The number of hydrogen-bond acceptors (Lipinski definition) is 8. The molecule has 0 amide bonds. The Labute approximate surface area is 133 Å². The van der Waals surface area contributed by atoms with Crippen molar-refractivity contribution in [3.8, 4) is 0 Å². The zero-order chi connectivity index (χ0) is 19.0. The van der Waals surface area contributed by atoms with Crippen LogP contribution in [0.15, 0.2) is 0 Å². The Morgan fingerprint density at radius 1 is 0.696 bits per heavy atom. The molecule has 0 rings (SSSR count). The van der Waals surface area contributed by atoms with Crippen LogP contribution in [0.3, 0.4) is 0 Å². The van der Waals surface area contributed by atoms with E-state index in [0.717, 1.165) is 13.8 Å². The number of carbonyl (C=O) groups excluding carboxylic acids is 3. The Bertz CT molecular complexity index is 364. The van der Waals surface area contributed by atoms with Crippen LogP contribution in [-0.4, -0.2) is 59.4 Å². The van der Waals surface area contributed by atoms with Crippen molar-refractivity contribution in [3.63, 3.8) is 0 Å². The Morgan fingerprint density at radius 2 is 0.957 bits per heavy atom. The van der Waals surface area contributed by atoms with E-state index in [1.54, 1.807) is 0 Å². The number of ether oxygens (including phenoxy) is 3. The molecule has 0 aromatic heterocycles. The van der Waals surface area contributed by atoms with Crippen molar-refractivity contribution in [3.05, 3.63) is 0 Å². The molecule has 23 heavy (non-hydrogen) atoms. The second-order valence-corrected chi connectivity index (χ2v) is 3.87. The van der Waals surface area contributed by atoms with Crippen molar-refractivity contribution in [2.45, 2.75) is 40.7 Å². The van der Waals surface area contributed by atoms with Gasteiger partial charge in [0.2, 0.25) is 0 Å². The van der Waals surface area contributed by atoms with Gasteiger partial charge < -0.3 is 24.4 Å². The van der Waals surface area contributed by atoms with Crippen LogP contribution in [0, 0.1) is 0 Å². The molecular weight excluding hydrogens is 316 g/mol. The standard InChI is InChI=1S/C9H14O6.2C2H4O2/c1-6(10)13-4-9(15-8(3)12)5-14-7(2)11;2*1-2(3)4/h9H,4-5H2,1-3H3;2*1H3,(H,3,4). The van der Waals surface area contributed by atoms with E-state index in [1.165, 1.54) is 20.8 Å². The number of carbonyl (C=O) groups is 5. The van der Waals surface area contributed by atoms with Gasteiger partial charge in [-0.15, -0.1) is 0 Å². The Morgan fingerprint density at radius 3 is 1.13 bits per heavy atom. The first-order valence-corrected chi connectivity index (χ1v) is 6.21. The summed E-state index contributed by atoms with van der Waals surface area (Å²) in [7, 11) is 0. The van der Waals surface area contributed by atoms with E-state index in [-0.39, 0.29) is 13.2 Å². The van der Waals surface area contributed by atoms with Gasteiger partial charge in [-0.1, -0.05) is 0 Å². The maximum absolute atomic E-state index is 10.6. The fourth-order valence-corrected chi connectivity index (χ4v) is 0.771. The topological polar surface area (TPSA) is 153 Å². The second kappa shape index (κ2) is 15.7. The Balaban J connectivity index is -0.000000413. The number of carboxylic acids is 2. The van der Waals surface area contributed by atoms with Crippen molar-refractivity contribution in [2.75, 3.05) is 13.2 Å². The lowest BCUT2D eigenvalue weighted by Crippen LogP contribution is -2.29. The lowest BCUT2D eigenvalue weighted by molar-refractivity contribution is -0.163. The minimum absolute atomic E-state index is 0.123. The van der Waals surface area contributed by atoms with Gasteiger partial charge in [-0.05, 0) is 0 Å². The van der Waals surface area contributed by atoms with Gasteiger partial charge in [0.25, 0.3) is 11.9 Å². The maximum atomic E-state index is 10.6. The average molecular weight is 338 g/mol. The fraction of sp³-hybridized carbons (Fsp3) is 0.615. The van der Waals surface area contributed by atoms with Crippen LogP contribution in [0.5, 0.6) is 0 Å². The largest absolute Gasteiger partial charge is 0.481 e. The highest BCUT2D eigenvalue weighted by atomic mass is 16.6. The molecule has 0 aliphatic carbocycles. The first-order valence-electron chi connectivity index (χ1n) is 6.21. The predicted molar refractivity (Wildman–Crippen MR) is 75.4 cm³/mol. The minimum atomic E-state index is -0.833. The normalized spacial score (nSPS) is 8.43. The predicted octanol–water partition coefficient (Wildman–Crippen LogP) is 0.226. The lowest BCUT2D eigenvalue weighted by Gasteiger charge is -2.15. The first kappa shape index (κ1) is 25.3. The molecule has 0 aliphatic heterocycles. The van der Waals surface area contributed by atoms with Gasteiger partial charge >= 0.3 is 17.9 Å². The van der Waals surface area contributed by atoms with Crippen LogP contribution in [0.2, 0.25) is 0 Å². The van der Waals surface area contributed by atoms with Gasteiger partial charge in [0, 0.05) is 34.6 Å². The molecule has 0 aromatic carbocycles. The molecule has 0 bridgehead atoms. The molecule has 0 saturated carbocycles. The van der Waals surface area contributed by atoms with Crippen molar-refractivity contribution < 1.29 is 48.4 Å². The molecule has 0 unspecified atom stereocenters. The van der Waals surface area contributed by atoms with Crippen LogP contribution in [0.4, 0.5) is 0 Å². The molecule has 134 valence electrons. The summed E-state index contributed by atoms with van der Waals surface area (Å²) < 4.78 is 14.0. The Hall–Kier alpha value is -2.65. The number of carboxylic acid groups (broad SMARTS) is 2. The lowest BCUT2D eigenvalue weighted by atomic mass is 10.4. The van der Waals surface area contributed by atoms with E-state index in [1.807, 2.05) is 0 Å². The minimum Gasteiger partial charge on any atom is -0.481 e. The maximum Gasteiger partial charge on any atom is 0.303 e. The van der Waals surface area contributed by atoms with Crippen molar-refractivity contribution in [1.82, 2.24) is 0 Å². The average Bonchev–Trinajstić information content (AvgIpc) is 2.30. The number of aliphatic carboxylic acids is 2. The fourth-order valence-electron chi connectivity index (χ4n) is 0.771. The summed E-state index contributed by atoms with van der Waals surface area (Å²) in [6, 6.07) is 0. The quantitative estimate of drug-likeness (QED) is 0.525. The van der Waals surface area contributed by atoms with Crippen LogP contribution in [0.1, 0.15) is 34.6 Å². The van der Waals surface area contributed by atoms with Gasteiger partial charge in [-0.2, -0.15) is 0 Å². The highest BCUT2D eigenvalue weighted by Crippen LogP contribution is 1.97. The van der Waals surface area contributed by atoms with Gasteiger partial charge in [0.05, 0.1) is 0 Å². The van der Waals surface area contributed by atoms with Crippen LogP contribution >= 0.6 is 0 Å². The number of hydrogen-bond donors (Lipinski definition) is 2. The van der Waals surface area contributed by atoms with Crippen LogP contribution in [0.25, 0.3) is 0 Å². The van der Waals surface area contributed by atoms with Crippen molar-refractivity contribution in [1.29, 1.82) is 0 Å². The molecule has 0 fully saturated rings. The van der Waals surface area contributed by atoms with Gasteiger partial charge in [0.15, 0.2) is 6.10 Å². The summed E-state index contributed by atoms with van der Waals surface area (Å²) in [4.78, 5) is 49.6. The van der Waals surface area contributed by atoms with E-state index < -0.39 is 36.0 Å². The van der Waals surface area contributed by atoms with Crippen LogP contribution in [-0.2, 0) is 38.2 Å². The van der Waals surface area contributed by atoms with Crippen molar-refractivity contribution >= 4 is 29.8 Å². The summed E-state index contributed by atoms with van der Waals surface area (Å²) in [6.45, 7) is 5.60. The molecule has 0 atom stereocenters. The summed E-state index contributed by atoms with van der Waals surface area (Å²) in [5.74, 6) is -3.18. The third-order valence-corrected chi connectivity index (χ3v) is 1.28. The SMILES string of the molecule is CC(=O)O.CC(=O)O.CC(=O)OCC(COC(C)=O)OC(C)=O. The molecule has 0 aromatic rings. The van der Waals surface area contributed by atoms with Gasteiger partial charge in [-0.25, -0.2) is 0 Å². The monoisotopic (exact) mass is 338 g/mol. The molecule has 0 aliphatic rings. The second-order valence-electron chi connectivity index (χ2n) is 3.87. The summed E-state index contributed by atoms with van der Waals surface area (Å²) in [5.41, 5.74) is 0. The molecule has 0 radical (unpaired) electrons. The highest BCUT2D eigenvalue weighted by molar-refractivity contribution is 5.67. The van der Waals surface area contributed by atoms with Gasteiger partial charge in [-0.3, -0.25) is 24.0 Å². The third-order valence-electron chi connectivity index (χ3n) is 1.28. The molecule has 0 heterocycles. The molecule has 2 N–H and O–H groups in total. The van der Waals surface area contributed by atoms with E-state index >= 15 is 0 Å². The van der Waals surface area contributed by atoms with Crippen LogP contribution < -0.4 is 0 Å².